The van der Waals surface area contributed by atoms with Gasteiger partial charge in [0.1, 0.15) is 0 Å². The van der Waals surface area contributed by atoms with E-state index in [1.165, 1.54) is 0 Å². The second-order valence-corrected chi connectivity index (χ2v) is 5.96. The van der Waals surface area contributed by atoms with E-state index in [0.29, 0.717) is 0 Å². The number of hydrogen-bond acceptors (Lipinski definition) is 7. The van der Waals surface area contributed by atoms with Gasteiger partial charge in [0.05, 0.1) is 39.6 Å². The van der Waals surface area contributed by atoms with E-state index in [0.717, 1.165) is 0 Å². The predicted octanol–water partition coefficient (Wildman–Crippen LogP) is 1.31. The molecule has 2 N–H and O–H groups in total. The standard InChI is InChI=1S/C8H20O9P2/c1-3-14-18(9,10)16-7-5-13-6-8-17-19(11,12)15-4-2/h3-8H2,1-2H3,(H,9,10)(H,11,12). The Hall–Kier alpha value is 0.180. The van der Waals surface area contributed by atoms with Gasteiger partial charge in [-0.05, 0) is 13.8 Å². The largest absolute Gasteiger partial charge is 0.472 e. The molecule has 0 spiro atoms. The summed E-state index contributed by atoms with van der Waals surface area (Å²) in [4.78, 5) is 18.1. The van der Waals surface area contributed by atoms with Crippen molar-refractivity contribution in [3.8, 4) is 0 Å². The van der Waals surface area contributed by atoms with Crippen LogP contribution >= 0.6 is 15.6 Å². The Balaban J connectivity index is 3.51. The molecule has 9 nitrogen and oxygen atoms in total. The summed E-state index contributed by atoms with van der Waals surface area (Å²) >= 11 is 0. The normalized spacial score (nSPS) is 17.9. The molecular weight excluding hydrogens is 302 g/mol. The zero-order chi connectivity index (χ0) is 14.8. The molecular formula is C8H20O9P2. The Morgan fingerprint density at radius 1 is 0.737 bits per heavy atom. The van der Waals surface area contributed by atoms with Gasteiger partial charge in [-0.15, -0.1) is 0 Å². The van der Waals surface area contributed by atoms with E-state index in [9.17, 15) is 9.13 Å². The molecule has 0 aliphatic carbocycles. The highest BCUT2D eigenvalue weighted by Crippen LogP contribution is 2.43. The zero-order valence-electron chi connectivity index (χ0n) is 10.9. The summed E-state index contributed by atoms with van der Waals surface area (Å²) in [5, 5.41) is 0. The molecule has 0 saturated heterocycles. The molecule has 0 amide bonds. The minimum absolute atomic E-state index is 0.0192. The molecule has 0 radical (unpaired) electrons. The van der Waals surface area contributed by atoms with Gasteiger partial charge in [0.25, 0.3) is 0 Å². The molecule has 0 aromatic rings. The van der Waals surface area contributed by atoms with Crippen LogP contribution in [0.25, 0.3) is 0 Å². The number of rotatable bonds is 12. The fraction of sp³-hybridized carbons (Fsp3) is 1.00. The van der Waals surface area contributed by atoms with Crippen LogP contribution in [-0.2, 0) is 32.0 Å². The van der Waals surface area contributed by atoms with Gasteiger partial charge in [-0.3, -0.25) is 18.1 Å². The van der Waals surface area contributed by atoms with E-state index in [1.54, 1.807) is 13.8 Å². The third kappa shape index (κ3) is 11.7. The molecule has 0 heterocycles. The van der Waals surface area contributed by atoms with E-state index < -0.39 is 15.6 Å². The van der Waals surface area contributed by atoms with Gasteiger partial charge < -0.3 is 14.5 Å². The number of phosphoric ester groups is 2. The molecule has 0 aromatic heterocycles. The summed E-state index contributed by atoms with van der Waals surface area (Å²) in [6.45, 7) is 3.00. The van der Waals surface area contributed by atoms with Crippen LogP contribution in [-0.4, -0.2) is 49.4 Å². The summed E-state index contributed by atoms with van der Waals surface area (Å²) in [5.74, 6) is 0. The number of ether oxygens (including phenoxy) is 1. The highest BCUT2D eigenvalue weighted by Gasteiger charge is 2.20. The lowest BCUT2D eigenvalue weighted by Crippen LogP contribution is -2.09. The van der Waals surface area contributed by atoms with Crippen molar-refractivity contribution in [3.63, 3.8) is 0 Å². The molecule has 116 valence electrons. The summed E-state index contributed by atoms with van der Waals surface area (Å²) in [5.41, 5.74) is 0. The zero-order valence-corrected chi connectivity index (χ0v) is 12.7. The van der Waals surface area contributed by atoms with Crippen LogP contribution in [0.2, 0.25) is 0 Å². The molecule has 11 heteroatoms. The van der Waals surface area contributed by atoms with Gasteiger partial charge in [-0.2, -0.15) is 0 Å². The summed E-state index contributed by atoms with van der Waals surface area (Å²) < 4.78 is 45.1. The average molecular weight is 322 g/mol. The van der Waals surface area contributed by atoms with Crippen molar-refractivity contribution in [2.24, 2.45) is 0 Å². The predicted molar refractivity (Wildman–Crippen MR) is 65.6 cm³/mol. The Morgan fingerprint density at radius 3 is 1.42 bits per heavy atom. The van der Waals surface area contributed by atoms with Crippen molar-refractivity contribution in [1.29, 1.82) is 0 Å². The van der Waals surface area contributed by atoms with Crippen molar-refractivity contribution < 1.29 is 41.7 Å². The molecule has 0 bridgehead atoms. The molecule has 19 heavy (non-hydrogen) atoms. The van der Waals surface area contributed by atoms with E-state index in [1.807, 2.05) is 0 Å². The highest BCUT2D eigenvalue weighted by molar-refractivity contribution is 7.47. The Kier molecular flexibility index (Phi) is 10.1. The fourth-order valence-electron chi connectivity index (χ4n) is 0.926. The van der Waals surface area contributed by atoms with Crippen LogP contribution in [0.15, 0.2) is 0 Å². The number of phosphoric acid groups is 2. The maximum Gasteiger partial charge on any atom is 0.472 e. The average Bonchev–Trinajstić information content (AvgIpc) is 2.27. The van der Waals surface area contributed by atoms with E-state index in [-0.39, 0.29) is 39.6 Å². The third-order valence-electron chi connectivity index (χ3n) is 1.55. The Bertz CT molecular complexity index is 291. The highest BCUT2D eigenvalue weighted by atomic mass is 31.2. The quantitative estimate of drug-likeness (QED) is 0.404. The van der Waals surface area contributed by atoms with Crippen LogP contribution in [0, 0.1) is 0 Å². The second-order valence-electron chi connectivity index (χ2n) is 3.05. The summed E-state index contributed by atoms with van der Waals surface area (Å²) in [7, 11) is -8.00. The van der Waals surface area contributed by atoms with Crippen LogP contribution in [0.3, 0.4) is 0 Å². The van der Waals surface area contributed by atoms with Gasteiger partial charge in [0, 0.05) is 0 Å². The van der Waals surface area contributed by atoms with Gasteiger partial charge in [0.15, 0.2) is 0 Å². The Labute approximate surface area is 112 Å². The molecule has 0 aromatic carbocycles. The molecule has 0 aliphatic rings. The maximum atomic E-state index is 11.1. The SMILES string of the molecule is CCOP(=O)(O)OCCOCCOP(=O)(O)OCC. The van der Waals surface area contributed by atoms with Gasteiger partial charge in [-0.1, -0.05) is 0 Å². The van der Waals surface area contributed by atoms with E-state index in [4.69, 9.17) is 14.5 Å². The smallest absolute Gasteiger partial charge is 0.377 e. The van der Waals surface area contributed by atoms with Crippen molar-refractivity contribution in [1.82, 2.24) is 0 Å². The van der Waals surface area contributed by atoms with Crippen molar-refractivity contribution in [2.75, 3.05) is 39.6 Å². The first-order valence-corrected chi connectivity index (χ1v) is 8.63. The van der Waals surface area contributed by atoms with E-state index >= 15 is 0 Å². The molecule has 0 rings (SSSR count). The van der Waals surface area contributed by atoms with Crippen LogP contribution < -0.4 is 0 Å². The summed E-state index contributed by atoms with van der Waals surface area (Å²) in [6, 6.07) is 0. The van der Waals surface area contributed by atoms with Crippen molar-refractivity contribution in [2.45, 2.75) is 13.8 Å². The maximum absolute atomic E-state index is 11.1. The van der Waals surface area contributed by atoms with Gasteiger partial charge >= 0.3 is 15.6 Å². The topological polar surface area (TPSA) is 121 Å². The third-order valence-corrected chi connectivity index (χ3v) is 3.74. The lowest BCUT2D eigenvalue weighted by molar-refractivity contribution is 0.0519. The minimum Gasteiger partial charge on any atom is -0.377 e. The number of hydrogen-bond donors (Lipinski definition) is 2. The first-order valence-electron chi connectivity index (χ1n) is 5.64. The Morgan fingerprint density at radius 2 is 1.11 bits per heavy atom. The second kappa shape index (κ2) is 9.99. The molecule has 0 aliphatic heterocycles. The first kappa shape index (κ1) is 19.2. The molecule has 0 fully saturated rings. The lowest BCUT2D eigenvalue weighted by Gasteiger charge is -2.12. The molecule has 2 unspecified atom stereocenters. The van der Waals surface area contributed by atoms with Gasteiger partial charge in [-0.25, -0.2) is 9.13 Å². The summed E-state index contributed by atoms with van der Waals surface area (Å²) in [6.07, 6.45) is 0. The monoisotopic (exact) mass is 322 g/mol. The van der Waals surface area contributed by atoms with E-state index in [2.05, 4.69) is 18.1 Å². The molecule has 2 atom stereocenters. The minimum atomic E-state index is -4.00. The van der Waals surface area contributed by atoms with Crippen molar-refractivity contribution in [3.05, 3.63) is 0 Å². The lowest BCUT2D eigenvalue weighted by atomic mass is 10.7. The van der Waals surface area contributed by atoms with Crippen LogP contribution in [0.5, 0.6) is 0 Å². The van der Waals surface area contributed by atoms with Crippen LogP contribution in [0.4, 0.5) is 0 Å². The first-order chi connectivity index (χ1) is 8.83. The van der Waals surface area contributed by atoms with Crippen LogP contribution in [0.1, 0.15) is 13.8 Å². The van der Waals surface area contributed by atoms with Crippen molar-refractivity contribution >= 4 is 15.6 Å². The fourth-order valence-corrected chi connectivity index (χ4v) is 2.34. The molecule has 0 saturated carbocycles. The van der Waals surface area contributed by atoms with Gasteiger partial charge in [0.2, 0.25) is 0 Å².